The van der Waals surface area contributed by atoms with E-state index in [1.165, 1.54) is 0 Å². The number of benzene rings is 1. The van der Waals surface area contributed by atoms with Crippen molar-refractivity contribution in [2.45, 2.75) is 26.4 Å². The Morgan fingerprint density at radius 2 is 2.17 bits per heavy atom. The minimum atomic E-state index is 0.656. The van der Waals surface area contributed by atoms with Crippen LogP contribution in [0.15, 0.2) is 30.6 Å². The second-order valence-corrected chi connectivity index (χ2v) is 4.51. The predicted molar refractivity (Wildman–Crippen MR) is 72.6 cm³/mol. The Kier molecular flexibility index (Phi) is 4.73. The lowest BCUT2D eigenvalue weighted by atomic mass is 10.2. The number of halogens is 1. The van der Waals surface area contributed by atoms with Crippen molar-refractivity contribution in [3.05, 3.63) is 47.0 Å². The monoisotopic (exact) mass is 264 g/mol. The van der Waals surface area contributed by atoms with E-state index in [1.54, 1.807) is 6.33 Å². The van der Waals surface area contributed by atoms with Gasteiger partial charge in [0.25, 0.3) is 0 Å². The van der Waals surface area contributed by atoms with E-state index < -0.39 is 0 Å². The van der Waals surface area contributed by atoms with Crippen LogP contribution in [-0.2, 0) is 13.1 Å². The first-order valence-corrected chi connectivity index (χ1v) is 6.50. The van der Waals surface area contributed by atoms with Crippen LogP contribution < -0.4 is 5.32 Å². The molecule has 0 atom stereocenters. The van der Waals surface area contributed by atoms with Crippen LogP contribution in [0.2, 0.25) is 5.02 Å². The molecule has 0 saturated carbocycles. The zero-order chi connectivity index (χ0) is 12.8. The molecule has 1 N–H and O–H groups in total. The number of nitrogens with one attached hydrogen (secondary N) is 1. The highest BCUT2D eigenvalue weighted by molar-refractivity contribution is 6.31. The van der Waals surface area contributed by atoms with E-state index in [0.29, 0.717) is 6.54 Å². The maximum Gasteiger partial charge on any atom is 0.141 e. The highest BCUT2D eigenvalue weighted by Gasteiger charge is 2.06. The fourth-order valence-corrected chi connectivity index (χ4v) is 1.92. The average molecular weight is 265 g/mol. The Hall–Kier alpha value is -1.39. The van der Waals surface area contributed by atoms with Crippen molar-refractivity contribution < 1.29 is 0 Å². The molecule has 96 valence electrons. The van der Waals surface area contributed by atoms with Gasteiger partial charge >= 0.3 is 0 Å². The Bertz CT molecular complexity index is 495. The summed E-state index contributed by atoms with van der Waals surface area (Å²) in [6, 6.07) is 7.81. The molecule has 2 aromatic rings. The van der Waals surface area contributed by atoms with Crippen molar-refractivity contribution >= 4 is 11.6 Å². The number of rotatable bonds is 6. The summed E-state index contributed by atoms with van der Waals surface area (Å²) in [5, 5.41) is 8.32. The lowest BCUT2D eigenvalue weighted by Crippen LogP contribution is -2.18. The molecule has 18 heavy (non-hydrogen) atoms. The zero-order valence-electron chi connectivity index (χ0n) is 10.4. The summed E-state index contributed by atoms with van der Waals surface area (Å²) in [6.07, 6.45) is 2.69. The molecule has 2 rings (SSSR count). The summed E-state index contributed by atoms with van der Waals surface area (Å²) in [5.41, 5.74) is 1.06. The van der Waals surface area contributed by atoms with Gasteiger partial charge in [0.15, 0.2) is 0 Å². The van der Waals surface area contributed by atoms with Gasteiger partial charge in [-0.1, -0.05) is 36.7 Å². The van der Waals surface area contributed by atoms with Crippen molar-refractivity contribution in [3.8, 4) is 0 Å². The van der Waals surface area contributed by atoms with Crippen LogP contribution in [-0.4, -0.2) is 21.3 Å². The molecule has 0 unspecified atom stereocenters. The van der Waals surface area contributed by atoms with Crippen LogP contribution in [0.3, 0.4) is 0 Å². The van der Waals surface area contributed by atoms with Gasteiger partial charge in [0.1, 0.15) is 12.2 Å². The predicted octanol–water partition coefficient (Wildman–Crippen LogP) is 2.48. The number of aromatic nitrogens is 3. The lowest BCUT2D eigenvalue weighted by Gasteiger charge is -2.08. The molecule has 1 aromatic heterocycles. The third-order valence-corrected chi connectivity index (χ3v) is 3.05. The van der Waals surface area contributed by atoms with Crippen LogP contribution in [0.25, 0.3) is 0 Å². The van der Waals surface area contributed by atoms with Crippen molar-refractivity contribution in [2.75, 3.05) is 6.54 Å². The van der Waals surface area contributed by atoms with Crippen LogP contribution in [0.5, 0.6) is 0 Å². The summed E-state index contributed by atoms with van der Waals surface area (Å²) < 4.78 is 1.88. The molecular weight excluding hydrogens is 248 g/mol. The molecule has 0 radical (unpaired) electrons. The van der Waals surface area contributed by atoms with Crippen LogP contribution in [0.4, 0.5) is 0 Å². The molecule has 0 amide bonds. The van der Waals surface area contributed by atoms with E-state index in [9.17, 15) is 0 Å². The van der Waals surface area contributed by atoms with E-state index in [4.69, 9.17) is 11.6 Å². The van der Waals surface area contributed by atoms with Crippen LogP contribution >= 0.6 is 11.6 Å². The first kappa shape index (κ1) is 13.1. The first-order valence-electron chi connectivity index (χ1n) is 6.12. The van der Waals surface area contributed by atoms with Crippen LogP contribution in [0.1, 0.15) is 24.7 Å². The summed E-state index contributed by atoms with van der Waals surface area (Å²) in [5.74, 6) is 0.934. The van der Waals surface area contributed by atoms with Crippen molar-refractivity contribution in [1.82, 2.24) is 20.1 Å². The van der Waals surface area contributed by atoms with E-state index in [-0.39, 0.29) is 0 Å². The van der Waals surface area contributed by atoms with E-state index in [0.717, 1.165) is 35.9 Å². The molecule has 0 spiro atoms. The van der Waals surface area contributed by atoms with Crippen molar-refractivity contribution in [2.24, 2.45) is 0 Å². The molecule has 0 saturated heterocycles. The molecule has 1 aromatic carbocycles. The molecule has 0 bridgehead atoms. The average Bonchev–Trinajstić information content (AvgIpc) is 2.80. The fraction of sp³-hybridized carbons (Fsp3) is 0.385. The molecule has 1 heterocycles. The topological polar surface area (TPSA) is 42.7 Å². The van der Waals surface area contributed by atoms with Crippen molar-refractivity contribution in [1.29, 1.82) is 0 Å². The molecule has 4 nitrogen and oxygen atoms in total. The van der Waals surface area contributed by atoms with Gasteiger partial charge in [0, 0.05) is 5.02 Å². The third kappa shape index (κ3) is 3.31. The Morgan fingerprint density at radius 3 is 2.94 bits per heavy atom. The molecule has 0 aliphatic carbocycles. The standard InChI is InChI=1S/C13H17ClN4/c1-2-7-15-8-13-16-10-17-18(13)9-11-5-3-4-6-12(11)14/h3-6,10,15H,2,7-9H2,1H3. The quantitative estimate of drug-likeness (QED) is 0.815. The number of hydrogen-bond donors (Lipinski definition) is 1. The highest BCUT2D eigenvalue weighted by atomic mass is 35.5. The summed E-state index contributed by atoms with van der Waals surface area (Å²) >= 11 is 6.14. The Labute approximate surface area is 112 Å². The minimum Gasteiger partial charge on any atom is -0.310 e. The molecule has 0 fully saturated rings. The lowest BCUT2D eigenvalue weighted by molar-refractivity contribution is 0.583. The van der Waals surface area contributed by atoms with E-state index in [1.807, 2.05) is 28.9 Å². The van der Waals surface area contributed by atoms with Gasteiger partial charge < -0.3 is 5.32 Å². The highest BCUT2D eigenvalue weighted by Crippen LogP contribution is 2.16. The van der Waals surface area contributed by atoms with Gasteiger partial charge in [0.2, 0.25) is 0 Å². The Morgan fingerprint density at radius 1 is 1.33 bits per heavy atom. The maximum atomic E-state index is 6.14. The number of nitrogens with zero attached hydrogens (tertiary/aromatic N) is 3. The normalized spacial score (nSPS) is 10.8. The molecular formula is C13H17ClN4. The molecule has 5 heteroatoms. The van der Waals surface area contributed by atoms with Gasteiger partial charge in [-0.25, -0.2) is 9.67 Å². The SMILES string of the molecule is CCCNCc1ncnn1Cc1ccccc1Cl. The number of hydrogen-bond acceptors (Lipinski definition) is 3. The molecule has 0 aliphatic rings. The second kappa shape index (κ2) is 6.52. The van der Waals surface area contributed by atoms with Crippen LogP contribution in [0, 0.1) is 0 Å². The van der Waals surface area contributed by atoms with Gasteiger partial charge in [0.05, 0.1) is 13.1 Å². The van der Waals surface area contributed by atoms with Gasteiger partial charge in [-0.2, -0.15) is 5.10 Å². The summed E-state index contributed by atoms with van der Waals surface area (Å²) in [4.78, 5) is 4.26. The van der Waals surface area contributed by atoms with Gasteiger partial charge in [-0.15, -0.1) is 0 Å². The fourth-order valence-electron chi connectivity index (χ4n) is 1.72. The Balaban J connectivity index is 2.05. The van der Waals surface area contributed by atoms with Gasteiger partial charge in [-0.05, 0) is 24.6 Å². The molecule has 0 aliphatic heterocycles. The first-order chi connectivity index (χ1) is 8.81. The second-order valence-electron chi connectivity index (χ2n) is 4.10. The smallest absolute Gasteiger partial charge is 0.141 e. The van der Waals surface area contributed by atoms with Crippen molar-refractivity contribution in [3.63, 3.8) is 0 Å². The largest absolute Gasteiger partial charge is 0.310 e. The summed E-state index contributed by atoms with van der Waals surface area (Å²) in [7, 11) is 0. The van der Waals surface area contributed by atoms with Gasteiger partial charge in [-0.3, -0.25) is 0 Å². The van der Waals surface area contributed by atoms with E-state index in [2.05, 4.69) is 22.3 Å². The van der Waals surface area contributed by atoms with E-state index >= 15 is 0 Å². The minimum absolute atomic E-state index is 0.656. The maximum absolute atomic E-state index is 6.14. The third-order valence-electron chi connectivity index (χ3n) is 2.68. The zero-order valence-corrected chi connectivity index (χ0v) is 11.2. The summed E-state index contributed by atoms with van der Waals surface area (Å²) in [6.45, 7) is 4.52.